The van der Waals surface area contributed by atoms with Crippen molar-refractivity contribution in [2.75, 3.05) is 0 Å². The Morgan fingerprint density at radius 3 is 2.29 bits per heavy atom. The molecule has 1 unspecified atom stereocenters. The summed E-state index contributed by atoms with van der Waals surface area (Å²) in [5.74, 6) is -0.0671. The SMILES string of the molecule is CC1CC(=O)O1.O. The first-order chi connectivity index (χ1) is 2.79. The van der Waals surface area contributed by atoms with Gasteiger partial charge in [-0.3, -0.25) is 4.79 Å². The number of rotatable bonds is 0. The predicted molar refractivity (Wildman–Crippen MR) is 23.8 cm³/mol. The molecule has 2 N–H and O–H groups in total. The zero-order chi connectivity index (χ0) is 4.57. The van der Waals surface area contributed by atoms with Gasteiger partial charge in [0.2, 0.25) is 0 Å². The fourth-order valence-electron chi connectivity index (χ4n) is 0.449. The van der Waals surface area contributed by atoms with Gasteiger partial charge in [0.05, 0.1) is 6.42 Å². The van der Waals surface area contributed by atoms with Gasteiger partial charge in [-0.1, -0.05) is 0 Å². The second-order valence-corrected chi connectivity index (χ2v) is 1.50. The van der Waals surface area contributed by atoms with Gasteiger partial charge in [0.1, 0.15) is 6.10 Å². The number of carbonyl (C=O) groups is 1. The molecule has 3 nitrogen and oxygen atoms in total. The van der Waals surface area contributed by atoms with Crippen LogP contribution in [0.3, 0.4) is 0 Å². The fourth-order valence-corrected chi connectivity index (χ4v) is 0.449. The molecule has 0 aromatic carbocycles. The lowest BCUT2D eigenvalue weighted by molar-refractivity contribution is -0.167. The number of ether oxygens (including phenoxy) is 1. The van der Waals surface area contributed by atoms with Crippen LogP contribution in [-0.4, -0.2) is 17.5 Å². The summed E-state index contributed by atoms with van der Waals surface area (Å²) >= 11 is 0. The Kier molecular flexibility index (Phi) is 1.77. The van der Waals surface area contributed by atoms with Crippen molar-refractivity contribution in [1.82, 2.24) is 0 Å². The van der Waals surface area contributed by atoms with Gasteiger partial charge in [-0.2, -0.15) is 0 Å². The quantitative estimate of drug-likeness (QED) is 0.389. The van der Waals surface area contributed by atoms with Gasteiger partial charge in [0.15, 0.2) is 0 Å². The molecule has 0 saturated carbocycles. The molecule has 7 heavy (non-hydrogen) atoms. The molecule has 1 aliphatic heterocycles. The first-order valence-corrected chi connectivity index (χ1v) is 1.98. The fraction of sp³-hybridized carbons (Fsp3) is 0.750. The van der Waals surface area contributed by atoms with E-state index in [-0.39, 0.29) is 17.5 Å². The number of esters is 1. The van der Waals surface area contributed by atoms with Crippen molar-refractivity contribution in [2.45, 2.75) is 19.4 Å². The lowest BCUT2D eigenvalue weighted by Gasteiger charge is -2.20. The van der Waals surface area contributed by atoms with Crippen molar-refractivity contribution in [3.05, 3.63) is 0 Å². The molecule has 42 valence electrons. The standard InChI is InChI=1S/C4H6O2.H2O/c1-3-2-4(5)6-3;/h3H,2H2,1H3;1H2. The van der Waals surface area contributed by atoms with Crippen LogP contribution < -0.4 is 0 Å². The van der Waals surface area contributed by atoms with Crippen LogP contribution in [0.25, 0.3) is 0 Å². The van der Waals surface area contributed by atoms with Crippen LogP contribution in [0.15, 0.2) is 0 Å². The van der Waals surface area contributed by atoms with Crippen LogP contribution in [-0.2, 0) is 9.53 Å². The summed E-state index contributed by atoms with van der Waals surface area (Å²) in [7, 11) is 0. The lowest BCUT2D eigenvalue weighted by atomic mass is 10.2. The normalized spacial score (nSPS) is 27.0. The van der Waals surface area contributed by atoms with Gasteiger partial charge < -0.3 is 10.2 Å². The zero-order valence-corrected chi connectivity index (χ0v) is 4.10. The predicted octanol–water partition coefficient (Wildman–Crippen LogP) is -0.503. The molecule has 0 radical (unpaired) electrons. The molecule has 0 spiro atoms. The van der Waals surface area contributed by atoms with E-state index in [2.05, 4.69) is 4.74 Å². The minimum absolute atomic E-state index is 0. The Hall–Kier alpha value is -0.570. The van der Waals surface area contributed by atoms with E-state index in [1.807, 2.05) is 6.92 Å². The molecular weight excluding hydrogens is 96.0 g/mol. The molecule has 1 rings (SSSR count). The van der Waals surface area contributed by atoms with E-state index < -0.39 is 0 Å². The van der Waals surface area contributed by atoms with Gasteiger partial charge in [-0.05, 0) is 6.92 Å². The van der Waals surface area contributed by atoms with Crippen molar-refractivity contribution >= 4 is 5.97 Å². The van der Waals surface area contributed by atoms with E-state index in [4.69, 9.17) is 0 Å². The van der Waals surface area contributed by atoms with Crippen molar-refractivity contribution in [3.8, 4) is 0 Å². The second kappa shape index (κ2) is 1.93. The molecular formula is C4H8O3. The minimum atomic E-state index is -0.0671. The third kappa shape index (κ3) is 1.16. The van der Waals surface area contributed by atoms with Gasteiger partial charge in [-0.15, -0.1) is 0 Å². The largest absolute Gasteiger partial charge is 0.462 e. The molecule has 1 atom stereocenters. The second-order valence-electron chi connectivity index (χ2n) is 1.50. The maximum Gasteiger partial charge on any atom is 0.309 e. The summed E-state index contributed by atoms with van der Waals surface area (Å²) in [5.41, 5.74) is 0. The van der Waals surface area contributed by atoms with Crippen LogP contribution >= 0.6 is 0 Å². The highest BCUT2D eigenvalue weighted by atomic mass is 16.6. The lowest BCUT2D eigenvalue weighted by Crippen LogP contribution is -2.29. The molecule has 1 aliphatic rings. The average molecular weight is 104 g/mol. The summed E-state index contributed by atoms with van der Waals surface area (Å²) in [6.07, 6.45) is 0.803. The molecule has 0 aliphatic carbocycles. The average Bonchev–Trinajstić information content (AvgIpc) is 1.33. The van der Waals surface area contributed by atoms with E-state index in [0.29, 0.717) is 6.42 Å². The molecule has 0 bridgehead atoms. The molecule has 1 fully saturated rings. The van der Waals surface area contributed by atoms with Gasteiger partial charge in [0.25, 0.3) is 0 Å². The third-order valence-electron chi connectivity index (χ3n) is 0.787. The zero-order valence-electron chi connectivity index (χ0n) is 4.10. The highest BCUT2D eigenvalue weighted by Crippen LogP contribution is 2.10. The van der Waals surface area contributed by atoms with Crippen molar-refractivity contribution in [3.63, 3.8) is 0 Å². The Labute approximate surface area is 41.6 Å². The first kappa shape index (κ1) is 6.43. The van der Waals surface area contributed by atoms with Crippen LogP contribution in [0.1, 0.15) is 13.3 Å². The molecule has 0 aromatic rings. The summed E-state index contributed by atoms with van der Waals surface area (Å²) in [6, 6.07) is 0. The number of cyclic esters (lactones) is 1. The van der Waals surface area contributed by atoms with Crippen LogP contribution in [0.4, 0.5) is 0 Å². The van der Waals surface area contributed by atoms with E-state index in [1.54, 1.807) is 0 Å². The highest BCUT2D eigenvalue weighted by Gasteiger charge is 2.22. The van der Waals surface area contributed by atoms with Crippen molar-refractivity contribution in [2.24, 2.45) is 0 Å². The molecule has 1 heterocycles. The number of hydrogen-bond acceptors (Lipinski definition) is 2. The van der Waals surface area contributed by atoms with Gasteiger partial charge in [0, 0.05) is 0 Å². The topological polar surface area (TPSA) is 57.8 Å². The Morgan fingerprint density at radius 2 is 2.29 bits per heavy atom. The van der Waals surface area contributed by atoms with Crippen LogP contribution in [0.5, 0.6) is 0 Å². The smallest absolute Gasteiger partial charge is 0.309 e. The Bertz CT molecular complexity index is 71.0. The maximum absolute atomic E-state index is 9.89. The van der Waals surface area contributed by atoms with Crippen LogP contribution in [0, 0.1) is 0 Å². The van der Waals surface area contributed by atoms with E-state index >= 15 is 0 Å². The number of carbonyl (C=O) groups excluding carboxylic acids is 1. The van der Waals surface area contributed by atoms with Crippen LogP contribution in [0.2, 0.25) is 0 Å². The summed E-state index contributed by atoms with van der Waals surface area (Å²) in [6.45, 7) is 1.88. The monoisotopic (exact) mass is 104 g/mol. The number of hydrogen-bond donors (Lipinski definition) is 0. The summed E-state index contributed by atoms with van der Waals surface area (Å²) in [5, 5.41) is 0. The van der Waals surface area contributed by atoms with Crippen molar-refractivity contribution < 1.29 is 15.0 Å². The first-order valence-electron chi connectivity index (χ1n) is 1.98. The van der Waals surface area contributed by atoms with Gasteiger partial charge >= 0.3 is 5.97 Å². The third-order valence-corrected chi connectivity index (χ3v) is 0.787. The maximum atomic E-state index is 9.89. The minimum Gasteiger partial charge on any atom is -0.462 e. The molecule has 0 aromatic heterocycles. The highest BCUT2D eigenvalue weighted by molar-refractivity contribution is 5.74. The van der Waals surface area contributed by atoms with E-state index in [1.165, 1.54) is 0 Å². The molecule has 0 amide bonds. The molecule has 1 saturated heterocycles. The summed E-state index contributed by atoms with van der Waals surface area (Å²) < 4.78 is 4.50. The molecule has 3 heteroatoms. The van der Waals surface area contributed by atoms with Crippen molar-refractivity contribution in [1.29, 1.82) is 0 Å². The summed E-state index contributed by atoms with van der Waals surface area (Å²) in [4.78, 5) is 9.89. The Morgan fingerprint density at radius 1 is 1.86 bits per heavy atom. The van der Waals surface area contributed by atoms with E-state index in [9.17, 15) is 4.79 Å². The van der Waals surface area contributed by atoms with E-state index in [0.717, 1.165) is 0 Å². The Balaban J connectivity index is 0.000000360. The van der Waals surface area contributed by atoms with Gasteiger partial charge in [-0.25, -0.2) is 0 Å².